The summed E-state index contributed by atoms with van der Waals surface area (Å²) in [5.74, 6) is 0.417. The van der Waals surface area contributed by atoms with Gasteiger partial charge in [0.2, 0.25) is 5.91 Å². The van der Waals surface area contributed by atoms with E-state index in [0.29, 0.717) is 42.8 Å². The smallest absolute Gasteiger partial charge is 0.244 e. The van der Waals surface area contributed by atoms with Gasteiger partial charge < -0.3 is 24.8 Å². The fraction of sp³-hybridized carbons (Fsp3) is 0.533. The Morgan fingerprint density at radius 3 is 2.91 bits per heavy atom. The molecule has 0 saturated carbocycles. The number of anilines is 1. The number of rotatable bonds is 6. The monoisotopic (exact) mass is 364 g/mol. The Kier molecular flexibility index (Phi) is 8.65. The first-order valence-corrected chi connectivity index (χ1v) is 7.56. The molecule has 1 amide bonds. The number of methoxy groups -OCH3 is 1. The summed E-state index contributed by atoms with van der Waals surface area (Å²) in [7, 11) is 1.60. The van der Waals surface area contributed by atoms with E-state index in [2.05, 4.69) is 10.6 Å². The van der Waals surface area contributed by atoms with Crippen molar-refractivity contribution in [2.24, 2.45) is 0 Å². The molecule has 1 heterocycles. The molecule has 2 N–H and O–H groups in total. The molecule has 0 unspecified atom stereocenters. The number of morpholine rings is 1. The first kappa shape index (κ1) is 20.0. The molecule has 1 fully saturated rings. The molecule has 23 heavy (non-hydrogen) atoms. The lowest BCUT2D eigenvalue weighted by Gasteiger charge is -2.29. The van der Waals surface area contributed by atoms with E-state index in [1.807, 2.05) is 6.92 Å². The van der Waals surface area contributed by atoms with Crippen LogP contribution >= 0.6 is 24.0 Å². The predicted octanol–water partition coefficient (Wildman–Crippen LogP) is 2.10. The lowest BCUT2D eigenvalue weighted by atomic mass is 10.1. The maximum Gasteiger partial charge on any atom is 0.244 e. The SMILES string of the molecule is COCCOc1ccc(NC(=O)[C@H]2NCCO[C@@H]2C)cc1Cl.Cl. The summed E-state index contributed by atoms with van der Waals surface area (Å²) in [5, 5.41) is 6.41. The second kappa shape index (κ2) is 9.95. The first-order valence-electron chi connectivity index (χ1n) is 7.19. The van der Waals surface area contributed by atoms with Gasteiger partial charge >= 0.3 is 0 Å². The molecular formula is C15H22Cl2N2O4. The molecule has 0 bridgehead atoms. The molecule has 1 aliphatic heterocycles. The third-order valence-corrected chi connectivity index (χ3v) is 3.64. The average Bonchev–Trinajstić information content (AvgIpc) is 2.50. The maximum atomic E-state index is 12.2. The number of nitrogens with one attached hydrogen (secondary N) is 2. The van der Waals surface area contributed by atoms with Crippen molar-refractivity contribution < 1.29 is 19.0 Å². The van der Waals surface area contributed by atoms with E-state index in [1.165, 1.54) is 0 Å². The maximum absolute atomic E-state index is 12.2. The van der Waals surface area contributed by atoms with Gasteiger partial charge in [-0.3, -0.25) is 4.79 Å². The summed E-state index contributed by atoms with van der Waals surface area (Å²) in [6.07, 6.45) is -0.166. The summed E-state index contributed by atoms with van der Waals surface area (Å²) in [4.78, 5) is 12.2. The van der Waals surface area contributed by atoms with E-state index in [9.17, 15) is 4.79 Å². The number of amides is 1. The molecule has 130 valence electrons. The highest BCUT2D eigenvalue weighted by atomic mass is 35.5. The molecule has 1 aromatic carbocycles. The first-order chi connectivity index (χ1) is 10.6. The summed E-state index contributed by atoms with van der Waals surface area (Å²) >= 11 is 6.15. The Morgan fingerprint density at radius 2 is 2.26 bits per heavy atom. The van der Waals surface area contributed by atoms with Crippen molar-refractivity contribution in [3.05, 3.63) is 23.2 Å². The van der Waals surface area contributed by atoms with Crippen LogP contribution in [0, 0.1) is 0 Å². The van der Waals surface area contributed by atoms with Crippen molar-refractivity contribution in [2.75, 3.05) is 38.8 Å². The second-order valence-electron chi connectivity index (χ2n) is 4.98. The van der Waals surface area contributed by atoms with Crippen LogP contribution in [0.2, 0.25) is 5.02 Å². The van der Waals surface area contributed by atoms with Crippen LogP contribution in [0.1, 0.15) is 6.92 Å². The molecule has 6 nitrogen and oxygen atoms in total. The van der Waals surface area contributed by atoms with Crippen molar-refractivity contribution in [2.45, 2.75) is 19.1 Å². The normalized spacial score (nSPS) is 20.5. The zero-order valence-electron chi connectivity index (χ0n) is 13.1. The van der Waals surface area contributed by atoms with Crippen LogP contribution in [0.15, 0.2) is 18.2 Å². The molecule has 1 saturated heterocycles. The minimum absolute atomic E-state index is 0. The number of halogens is 2. The van der Waals surface area contributed by atoms with Gasteiger partial charge in [-0.05, 0) is 25.1 Å². The number of carbonyl (C=O) groups is 1. The summed E-state index contributed by atoms with van der Waals surface area (Å²) in [5.41, 5.74) is 0.619. The van der Waals surface area contributed by atoms with E-state index in [-0.39, 0.29) is 30.5 Å². The minimum atomic E-state index is -0.370. The Labute approximate surface area is 147 Å². The molecule has 0 spiro atoms. The lowest BCUT2D eigenvalue weighted by molar-refractivity contribution is -0.123. The van der Waals surface area contributed by atoms with Crippen LogP contribution in [-0.4, -0.2) is 51.5 Å². The van der Waals surface area contributed by atoms with Crippen molar-refractivity contribution in [1.29, 1.82) is 0 Å². The Morgan fingerprint density at radius 1 is 1.48 bits per heavy atom. The van der Waals surface area contributed by atoms with Crippen molar-refractivity contribution >= 4 is 35.6 Å². The van der Waals surface area contributed by atoms with Crippen LogP contribution < -0.4 is 15.4 Å². The van der Waals surface area contributed by atoms with Gasteiger partial charge in [0.15, 0.2) is 0 Å². The molecule has 0 radical (unpaired) electrons. The predicted molar refractivity (Wildman–Crippen MR) is 91.9 cm³/mol. The lowest BCUT2D eigenvalue weighted by Crippen LogP contribution is -2.53. The topological polar surface area (TPSA) is 68.8 Å². The van der Waals surface area contributed by atoms with Crippen LogP contribution in [0.25, 0.3) is 0 Å². The summed E-state index contributed by atoms with van der Waals surface area (Å²) in [6, 6.07) is 4.77. The number of hydrogen-bond acceptors (Lipinski definition) is 5. The molecule has 8 heteroatoms. The molecule has 0 aromatic heterocycles. The minimum Gasteiger partial charge on any atom is -0.490 e. The van der Waals surface area contributed by atoms with E-state index in [4.69, 9.17) is 25.8 Å². The molecule has 0 aliphatic carbocycles. The van der Waals surface area contributed by atoms with E-state index in [0.717, 1.165) is 0 Å². The van der Waals surface area contributed by atoms with Crippen LogP contribution in [-0.2, 0) is 14.3 Å². The molecule has 1 aliphatic rings. The van der Waals surface area contributed by atoms with E-state index >= 15 is 0 Å². The third kappa shape index (κ3) is 5.82. The average molecular weight is 365 g/mol. The zero-order chi connectivity index (χ0) is 15.9. The number of ether oxygens (including phenoxy) is 3. The number of carbonyl (C=O) groups excluding carboxylic acids is 1. The van der Waals surface area contributed by atoms with Crippen molar-refractivity contribution in [3.63, 3.8) is 0 Å². The Hall–Kier alpha value is -1.05. The van der Waals surface area contributed by atoms with Gasteiger partial charge in [-0.1, -0.05) is 11.6 Å². The third-order valence-electron chi connectivity index (χ3n) is 3.34. The van der Waals surface area contributed by atoms with Gasteiger partial charge in [0.25, 0.3) is 0 Å². The Bertz CT molecular complexity index is 516. The standard InChI is InChI=1S/C15H21ClN2O4.ClH/c1-10-14(17-5-6-21-10)15(19)18-11-3-4-13(12(16)9-11)22-8-7-20-2;/h3-4,9-10,14,17H,5-8H2,1-2H3,(H,18,19);1H/t10-,14+;/m1./s1. The summed E-state index contributed by atoms with van der Waals surface area (Å²) < 4.78 is 15.8. The Balaban J connectivity index is 0.00000264. The molecular weight excluding hydrogens is 343 g/mol. The van der Waals surface area contributed by atoms with Gasteiger partial charge in [0.05, 0.1) is 24.3 Å². The van der Waals surface area contributed by atoms with Gasteiger partial charge in [-0.15, -0.1) is 12.4 Å². The molecule has 1 aromatic rings. The fourth-order valence-corrected chi connectivity index (χ4v) is 2.41. The summed E-state index contributed by atoms with van der Waals surface area (Å²) in [6.45, 7) is 4.05. The van der Waals surface area contributed by atoms with Crippen LogP contribution in [0.5, 0.6) is 5.75 Å². The van der Waals surface area contributed by atoms with E-state index in [1.54, 1.807) is 25.3 Å². The van der Waals surface area contributed by atoms with Gasteiger partial charge in [-0.2, -0.15) is 0 Å². The molecule has 2 rings (SSSR count). The zero-order valence-corrected chi connectivity index (χ0v) is 14.7. The van der Waals surface area contributed by atoms with Crippen molar-refractivity contribution in [1.82, 2.24) is 5.32 Å². The van der Waals surface area contributed by atoms with Gasteiger partial charge in [-0.25, -0.2) is 0 Å². The highest BCUT2D eigenvalue weighted by Crippen LogP contribution is 2.27. The quantitative estimate of drug-likeness (QED) is 0.756. The largest absolute Gasteiger partial charge is 0.490 e. The van der Waals surface area contributed by atoms with Crippen molar-refractivity contribution in [3.8, 4) is 5.75 Å². The second-order valence-corrected chi connectivity index (χ2v) is 5.39. The molecule has 2 atom stereocenters. The highest BCUT2D eigenvalue weighted by Gasteiger charge is 2.28. The van der Waals surface area contributed by atoms with Crippen LogP contribution in [0.3, 0.4) is 0 Å². The number of benzene rings is 1. The van der Waals surface area contributed by atoms with Gasteiger partial charge in [0.1, 0.15) is 18.4 Å². The highest BCUT2D eigenvalue weighted by molar-refractivity contribution is 6.32. The van der Waals surface area contributed by atoms with E-state index < -0.39 is 0 Å². The fourth-order valence-electron chi connectivity index (χ4n) is 2.18. The van der Waals surface area contributed by atoms with Gasteiger partial charge in [0, 0.05) is 19.3 Å². The number of hydrogen-bond donors (Lipinski definition) is 2. The van der Waals surface area contributed by atoms with Crippen LogP contribution in [0.4, 0.5) is 5.69 Å².